The Hall–Kier alpha value is -1.15. The van der Waals surface area contributed by atoms with Crippen molar-refractivity contribution < 1.29 is 23.1 Å². The SMILES string of the molecule is CS(=O)(=O)NC(=O)[C@@H]1CC[C@@H]2CN[C@@H](C(=O)O)C[C@@H]2C1. The van der Waals surface area contributed by atoms with Gasteiger partial charge in [0.1, 0.15) is 6.04 Å². The van der Waals surface area contributed by atoms with E-state index in [0.717, 1.165) is 12.7 Å². The zero-order valence-electron chi connectivity index (χ0n) is 11.3. The summed E-state index contributed by atoms with van der Waals surface area (Å²) >= 11 is 0. The summed E-state index contributed by atoms with van der Waals surface area (Å²) in [5, 5.41) is 12.0. The zero-order chi connectivity index (χ0) is 14.9. The highest BCUT2D eigenvalue weighted by atomic mass is 32.2. The number of nitrogens with one attached hydrogen (secondary N) is 2. The van der Waals surface area contributed by atoms with Gasteiger partial charge >= 0.3 is 5.97 Å². The lowest BCUT2D eigenvalue weighted by Gasteiger charge is -2.41. The fraction of sp³-hybridized carbons (Fsp3) is 0.833. The van der Waals surface area contributed by atoms with E-state index in [1.165, 1.54) is 0 Å². The summed E-state index contributed by atoms with van der Waals surface area (Å²) in [6.07, 6.45) is 3.51. The molecule has 0 aromatic carbocycles. The molecule has 7 nitrogen and oxygen atoms in total. The number of carboxylic acids is 1. The van der Waals surface area contributed by atoms with Crippen LogP contribution in [0.3, 0.4) is 0 Å². The Balaban J connectivity index is 1.97. The number of aliphatic carboxylic acids is 1. The van der Waals surface area contributed by atoms with E-state index in [0.29, 0.717) is 31.7 Å². The van der Waals surface area contributed by atoms with Crippen LogP contribution in [-0.4, -0.2) is 44.2 Å². The third-order valence-corrected chi connectivity index (χ3v) is 4.83. The first-order valence-corrected chi connectivity index (χ1v) is 8.63. The van der Waals surface area contributed by atoms with Crippen molar-refractivity contribution in [1.82, 2.24) is 10.0 Å². The van der Waals surface area contributed by atoms with Crippen LogP contribution in [0.25, 0.3) is 0 Å². The third-order valence-electron chi connectivity index (χ3n) is 4.26. The van der Waals surface area contributed by atoms with Crippen molar-refractivity contribution in [3.63, 3.8) is 0 Å². The van der Waals surface area contributed by atoms with Gasteiger partial charge in [-0.1, -0.05) is 0 Å². The standard InChI is InChI=1S/C12H20N2O5S/c1-20(18,19)14-11(15)7-2-3-8-6-13-10(12(16)17)5-9(8)4-7/h7-10,13H,2-6H2,1H3,(H,14,15)(H,16,17)/t7-,8-,9+,10-/m1/s1. The molecule has 0 radical (unpaired) electrons. The Labute approximate surface area is 118 Å². The van der Waals surface area contributed by atoms with Crippen LogP contribution in [0.1, 0.15) is 25.7 Å². The van der Waals surface area contributed by atoms with Gasteiger partial charge in [-0.15, -0.1) is 0 Å². The van der Waals surface area contributed by atoms with E-state index in [9.17, 15) is 18.0 Å². The van der Waals surface area contributed by atoms with Crippen molar-refractivity contribution in [1.29, 1.82) is 0 Å². The van der Waals surface area contributed by atoms with Gasteiger partial charge in [0.15, 0.2) is 0 Å². The number of sulfonamides is 1. The Bertz CT molecular complexity index is 504. The van der Waals surface area contributed by atoms with Crippen LogP contribution in [0, 0.1) is 17.8 Å². The van der Waals surface area contributed by atoms with E-state index >= 15 is 0 Å². The highest BCUT2D eigenvalue weighted by molar-refractivity contribution is 7.89. The molecule has 0 aromatic heterocycles. The summed E-state index contributed by atoms with van der Waals surface area (Å²) in [7, 11) is -3.53. The molecule has 114 valence electrons. The summed E-state index contributed by atoms with van der Waals surface area (Å²) in [6, 6.07) is -0.562. The highest BCUT2D eigenvalue weighted by Crippen LogP contribution is 2.38. The number of carbonyl (C=O) groups excluding carboxylic acids is 1. The van der Waals surface area contributed by atoms with E-state index in [4.69, 9.17) is 5.11 Å². The first-order chi connectivity index (χ1) is 9.26. The van der Waals surface area contributed by atoms with Crippen molar-refractivity contribution in [3.05, 3.63) is 0 Å². The van der Waals surface area contributed by atoms with Gasteiger partial charge in [0, 0.05) is 5.92 Å². The van der Waals surface area contributed by atoms with E-state index in [-0.39, 0.29) is 11.8 Å². The van der Waals surface area contributed by atoms with Gasteiger partial charge in [-0.05, 0) is 44.1 Å². The molecule has 1 amide bonds. The number of rotatable bonds is 3. The van der Waals surface area contributed by atoms with Crippen molar-refractivity contribution in [2.24, 2.45) is 17.8 Å². The van der Waals surface area contributed by atoms with Crippen molar-refractivity contribution in [2.45, 2.75) is 31.7 Å². The van der Waals surface area contributed by atoms with Gasteiger partial charge in [-0.2, -0.15) is 0 Å². The van der Waals surface area contributed by atoms with E-state index in [1.807, 2.05) is 4.72 Å². The average Bonchev–Trinajstić information content (AvgIpc) is 2.35. The zero-order valence-corrected chi connectivity index (χ0v) is 12.1. The smallest absolute Gasteiger partial charge is 0.320 e. The van der Waals surface area contributed by atoms with Crippen LogP contribution in [0.2, 0.25) is 0 Å². The maximum Gasteiger partial charge on any atom is 0.320 e. The van der Waals surface area contributed by atoms with Gasteiger partial charge in [-0.3, -0.25) is 14.3 Å². The molecule has 3 N–H and O–H groups in total. The molecule has 2 rings (SSSR count). The molecule has 4 atom stereocenters. The molecule has 8 heteroatoms. The van der Waals surface area contributed by atoms with E-state index < -0.39 is 27.9 Å². The lowest BCUT2D eigenvalue weighted by atomic mass is 9.69. The maximum absolute atomic E-state index is 11.9. The van der Waals surface area contributed by atoms with Gasteiger partial charge in [-0.25, -0.2) is 8.42 Å². The Morgan fingerprint density at radius 3 is 2.50 bits per heavy atom. The van der Waals surface area contributed by atoms with Gasteiger partial charge in [0.05, 0.1) is 6.26 Å². The largest absolute Gasteiger partial charge is 0.480 e. The molecule has 1 heterocycles. The van der Waals surface area contributed by atoms with Crippen molar-refractivity contribution >= 4 is 21.9 Å². The molecule has 0 unspecified atom stereocenters. The Morgan fingerprint density at radius 1 is 1.20 bits per heavy atom. The molecule has 0 aromatic rings. The van der Waals surface area contributed by atoms with Crippen molar-refractivity contribution in [2.75, 3.05) is 12.8 Å². The number of amides is 1. The minimum Gasteiger partial charge on any atom is -0.480 e. The highest BCUT2D eigenvalue weighted by Gasteiger charge is 2.39. The molecule has 1 aliphatic carbocycles. The minimum absolute atomic E-state index is 0.168. The quantitative estimate of drug-likeness (QED) is 0.650. The Morgan fingerprint density at radius 2 is 1.90 bits per heavy atom. The maximum atomic E-state index is 11.9. The lowest BCUT2D eigenvalue weighted by molar-refractivity contribution is -0.141. The number of carboxylic acid groups (broad SMARTS) is 1. The first kappa shape index (κ1) is 15.2. The van der Waals surface area contributed by atoms with Crippen LogP contribution in [-0.2, 0) is 19.6 Å². The third kappa shape index (κ3) is 3.69. The second-order valence-electron chi connectivity index (χ2n) is 5.80. The molecule has 1 saturated carbocycles. The summed E-state index contributed by atoms with van der Waals surface area (Å²) in [6.45, 7) is 0.655. The molecule has 20 heavy (non-hydrogen) atoms. The molecule has 1 aliphatic heterocycles. The predicted molar refractivity (Wildman–Crippen MR) is 71.4 cm³/mol. The second kappa shape index (κ2) is 5.69. The van der Waals surface area contributed by atoms with Crippen LogP contribution < -0.4 is 10.0 Å². The lowest BCUT2D eigenvalue weighted by Crippen LogP contribution is -2.50. The number of hydrogen-bond acceptors (Lipinski definition) is 5. The van der Waals surface area contributed by atoms with E-state index in [1.54, 1.807) is 0 Å². The molecule has 0 bridgehead atoms. The molecular weight excluding hydrogens is 284 g/mol. The Kier molecular flexibility index (Phi) is 4.33. The topological polar surface area (TPSA) is 113 Å². The van der Waals surface area contributed by atoms with Crippen LogP contribution in [0.15, 0.2) is 0 Å². The summed E-state index contributed by atoms with van der Waals surface area (Å²) < 4.78 is 24.2. The van der Waals surface area contributed by atoms with Gasteiger partial charge in [0.2, 0.25) is 15.9 Å². The normalized spacial score (nSPS) is 34.0. The number of piperidine rings is 1. The van der Waals surface area contributed by atoms with Crippen LogP contribution in [0.4, 0.5) is 0 Å². The summed E-state index contributed by atoms with van der Waals surface area (Å²) in [5.41, 5.74) is 0. The number of hydrogen-bond donors (Lipinski definition) is 3. The number of fused-ring (bicyclic) bond motifs is 1. The second-order valence-corrected chi connectivity index (χ2v) is 7.55. The van der Waals surface area contributed by atoms with E-state index in [2.05, 4.69) is 5.32 Å². The average molecular weight is 304 g/mol. The molecule has 2 aliphatic rings. The van der Waals surface area contributed by atoms with Gasteiger partial charge in [0.25, 0.3) is 0 Å². The molecule has 1 saturated heterocycles. The molecule has 2 fully saturated rings. The van der Waals surface area contributed by atoms with Crippen molar-refractivity contribution in [3.8, 4) is 0 Å². The minimum atomic E-state index is -3.53. The predicted octanol–water partition coefficient (Wildman–Crippen LogP) is -0.459. The van der Waals surface area contributed by atoms with Gasteiger partial charge < -0.3 is 10.4 Å². The molecule has 0 spiro atoms. The fourth-order valence-corrected chi connectivity index (χ4v) is 3.79. The number of carbonyl (C=O) groups is 2. The van der Waals surface area contributed by atoms with Crippen LogP contribution in [0.5, 0.6) is 0 Å². The monoisotopic (exact) mass is 304 g/mol. The summed E-state index contributed by atoms with van der Waals surface area (Å²) in [5.74, 6) is -1.12. The van der Waals surface area contributed by atoms with Crippen LogP contribution >= 0.6 is 0 Å². The summed E-state index contributed by atoms with van der Waals surface area (Å²) in [4.78, 5) is 22.9. The molecular formula is C12H20N2O5S. The fourth-order valence-electron chi connectivity index (χ4n) is 3.26. The first-order valence-electron chi connectivity index (χ1n) is 6.74.